The first-order valence-electron chi connectivity index (χ1n) is 10.7. The number of rotatable bonds is 4. The molecular weight excluding hydrogens is 460 g/mol. The minimum absolute atomic E-state index is 0.364. The molecule has 168 valence electrons. The Hall–Kier alpha value is -3.24. The van der Waals surface area contributed by atoms with E-state index in [4.69, 9.17) is 4.42 Å². The molecule has 1 fully saturated rings. The Labute approximate surface area is 197 Å². The van der Waals surface area contributed by atoms with E-state index in [-0.39, 0.29) is 12.5 Å². The SMILES string of the molecule is O=C1NC2(CCCc3sccc32)C(=O)N1CC(=O)N1N=C(c2cccs2)CC1c1ccco1. The number of carbonyl (C=O) groups is 3. The van der Waals surface area contributed by atoms with Crippen LogP contribution < -0.4 is 5.32 Å². The molecule has 2 unspecified atom stereocenters. The number of urea groups is 1. The van der Waals surface area contributed by atoms with Gasteiger partial charge in [0.05, 0.1) is 16.9 Å². The summed E-state index contributed by atoms with van der Waals surface area (Å²) >= 11 is 3.15. The fourth-order valence-electron chi connectivity index (χ4n) is 4.93. The van der Waals surface area contributed by atoms with Gasteiger partial charge in [0.25, 0.3) is 11.8 Å². The lowest BCUT2D eigenvalue weighted by Gasteiger charge is -2.31. The molecule has 3 aromatic heterocycles. The van der Waals surface area contributed by atoms with E-state index in [0.717, 1.165) is 38.8 Å². The van der Waals surface area contributed by atoms with E-state index in [1.165, 1.54) is 5.01 Å². The molecule has 10 heteroatoms. The van der Waals surface area contributed by atoms with Gasteiger partial charge in [-0.05, 0) is 54.3 Å². The number of nitrogens with one attached hydrogen (secondary N) is 1. The summed E-state index contributed by atoms with van der Waals surface area (Å²) in [4.78, 5) is 42.9. The summed E-state index contributed by atoms with van der Waals surface area (Å²) < 4.78 is 5.57. The number of nitrogens with zero attached hydrogens (tertiary/aromatic N) is 3. The average Bonchev–Trinajstić information content (AvgIpc) is 3.63. The third kappa shape index (κ3) is 3.16. The molecule has 3 aliphatic rings. The molecule has 0 radical (unpaired) electrons. The number of imide groups is 1. The number of aryl methyl sites for hydroxylation is 1. The number of carbonyl (C=O) groups excluding carboxylic acids is 3. The number of thiophene rings is 2. The molecule has 6 rings (SSSR count). The normalized spacial score (nSPS) is 24.4. The number of hydrogen-bond donors (Lipinski definition) is 1. The Kier molecular flexibility index (Phi) is 4.73. The zero-order valence-electron chi connectivity index (χ0n) is 17.5. The number of hydrazone groups is 1. The number of furan rings is 1. The number of fused-ring (bicyclic) bond motifs is 2. The van der Waals surface area contributed by atoms with E-state index in [0.29, 0.717) is 18.6 Å². The van der Waals surface area contributed by atoms with Crippen molar-refractivity contribution in [3.05, 3.63) is 68.4 Å². The molecule has 1 spiro atoms. The monoisotopic (exact) mass is 480 g/mol. The van der Waals surface area contributed by atoms with E-state index < -0.39 is 23.5 Å². The molecule has 33 heavy (non-hydrogen) atoms. The van der Waals surface area contributed by atoms with Crippen LogP contribution in [0, 0.1) is 0 Å². The van der Waals surface area contributed by atoms with Crippen LogP contribution in [0.4, 0.5) is 4.79 Å². The highest BCUT2D eigenvalue weighted by atomic mass is 32.1. The van der Waals surface area contributed by atoms with Crippen molar-refractivity contribution in [3.8, 4) is 0 Å². The highest BCUT2D eigenvalue weighted by Gasteiger charge is 2.55. The van der Waals surface area contributed by atoms with Gasteiger partial charge in [-0.25, -0.2) is 9.80 Å². The maximum Gasteiger partial charge on any atom is 0.325 e. The predicted octanol–water partition coefficient (Wildman–Crippen LogP) is 3.86. The van der Waals surface area contributed by atoms with Crippen LogP contribution in [-0.2, 0) is 21.5 Å². The molecule has 3 aromatic rings. The summed E-state index contributed by atoms with van der Waals surface area (Å²) in [5.41, 5.74) is 0.574. The summed E-state index contributed by atoms with van der Waals surface area (Å²) in [6, 6.07) is 8.42. The number of hydrogen-bond acceptors (Lipinski definition) is 7. The third-order valence-electron chi connectivity index (χ3n) is 6.47. The van der Waals surface area contributed by atoms with Crippen molar-refractivity contribution in [3.63, 3.8) is 0 Å². The molecule has 0 bridgehead atoms. The van der Waals surface area contributed by atoms with Gasteiger partial charge in [-0.2, -0.15) is 5.10 Å². The minimum atomic E-state index is -1.07. The van der Waals surface area contributed by atoms with Crippen LogP contribution in [0.15, 0.2) is 56.9 Å². The minimum Gasteiger partial charge on any atom is -0.467 e. The van der Waals surface area contributed by atoms with Crippen molar-refractivity contribution in [1.29, 1.82) is 0 Å². The third-order valence-corrected chi connectivity index (χ3v) is 8.37. The molecule has 2 aliphatic heterocycles. The topological polar surface area (TPSA) is 95.2 Å². The Bertz CT molecular complexity index is 1260. The Morgan fingerprint density at radius 1 is 1.21 bits per heavy atom. The van der Waals surface area contributed by atoms with Crippen LogP contribution in [0.1, 0.15) is 46.4 Å². The van der Waals surface area contributed by atoms with Crippen LogP contribution in [0.2, 0.25) is 0 Å². The smallest absolute Gasteiger partial charge is 0.325 e. The molecule has 4 amide bonds. The van der Waals surface area contributed by atoms with Gasteiger partial charge in [0.1, 0.15) is 23.9 Å². The fourth-order valence-corrected chi connectivity index (χ4v) is 6.65. The van der Waals surface area contributed by atoms with Crippen molar-refractivity contribution in [2.24, 2.45) is 5.10 Å². The molecule has 1 aliphatic carbocycles. The fraction of sp³-hybridized carbons (Fsp3) is 0.304. The second kappa shape index (κ2) is 7.67. The van der Waals surface area contributed by atoms with Crippen molar-refractivity contribution in [2.45, 2.75) is 37.3 Å². The molecule has 2 atom stereocenters. The standard InChI is InChI=1S/C23H20N4O4S2/c28-20(27-16(17-4-2-9-31-17)12-15(25-27)19-6-3-10-32-19)13-26-21(29)23(24-22(26)30)8-1-5-18-14(23)7-11-33-18/h2-4,6-7,9-11,16H,1,5,8,12-13H2,(H,24,30). The first-order valence-corrected chi connectivity index (χ1v) is 12.5. The van der Waals surface area contributed by atoms with E-state index in [1.54, 1.807) is 41.1 Å². The maximum atomic E-state index is 13.5. The van der Waals surface area contributed by atoms with Crippen molar-refractivity contribution in [1.82, 2.24) is 15.2 Å². The van der Waals surface area contributed by atoms with Crippen LogP contribution in [0.5, 0.6) is 0 Å². The molecule has 5 heterocycles. The van der Waals surface area contributed by atoms with E-state index >= 15 is 0 Å². The lowest BCUT2D eigenvalue weighted by molar-refractivity contribution is -0.140. The summed E-state index contributed by atoms with van der Waals surface area (Å²) in [5.74, 6) is -0.177. The van der Waals surface area contributed by atoms with Gasteiger partial charge < -0.3 is 9.73 Å². The van der Waals surface area contributed by atoms with Crippen molar-refractivity contribution >= 4 is 46.2 Å². The van der Waals surface area contributed by atoms with E-state index in [2.05, 4.69) is 10.4 Å². The lowest BCUT2D eigenvalue weighted by atomic mass is 9.80. The second-order valence-electron chi connectivity index (χ2n) is 8.34. The molecule has 1 saturated heterocycles. The first-order chi connectivity index (χ1) is 16.1. The van der Waals surface area contributed by atoms with Crippen LogP contribution >= 0.6 is 22.7 Å². The summed E-state index contributed by atoms with van der Waals surface area (Å²) in [5, 5.41) is 12.7. The second-order valence-corrected chi connectivity index (χ2v) is 10.3. The summed E-state index contributed by atoms with van der Waals surface area (Å²) in [7, 11) is 0. The van der Waals surface area contributed by atoms with Crippen molar-refractivity contribution < 1.29 is 18.8 Å². The van der Waals surface area contributed by atoms with Gasteiger partial charge >= 0.3 is 6.03 Å². The average molecular weight is 481 g/mol. The summed E-state index contributed by atoms with van der Waals surface area (Å²) in [6.07, 6.45) is 4.30. The molecule has 0 aromatic carbocycles. The molecule has 0 saturated carbocycles. The van der Waals surface area contributed by atoms with Crippen LogP contribution in [0.25, 0.3) is 0 Å². The maximum absolute atomic E-state index is 13.5. The van der Waals surface area contributed by atoms with Crippen molar-refractivity contribution in [2.75, 3.05) is 6.54 Å². The zero-order chi connectivity index (χ0) is 22.6. The molecule has 8 nitrogen and oxygen atoms in total. The quantitative estimate of drug-likeness (QED) is 0.574. The Balaban J connectivity index is 1.28. The van der Waals surface area contributed by atoms with Gasteiger partial charge in [0.15, 0.2) is 0 Å². The van der Waals surface area contributed by atoms with Gasteiger partial charge in [0, 0.05) is 16.9 Å². The van der Waals surface area contributed by atoms with Gasteiger partial charge in [-0.15, -0.1) is 22.7 Å². The Morgan fingerprint density at radius 3 is 2.91 bits per heavy atom. The van der Waals surface area contributed by atoms with E-state index in [1.807, 2.05) is 29.0 Å². The molecular formula is C23H20N4O4S2. The number of amides is 4. The molecule has 1 N–H and O–H groups in total. The lowest BCUT2D eigenvalue weighted by Crippen LogP contribution is -2.46. The van der Waals surface area contributed by atoms with Gasteiger partial charge in [-0.1, -0.05) is 6.07 Å². The highest BCUT2D eigenvalue weighted by Crippen LogP contribution is 2.42. The van der Waals surface area contributed by atoms with Gasteiger partial charge in [0.2, 0.25) is 0 Å². The first kappa shape index (κ1) is 20.4. The zero-order valence-corrected chi connectivity index (χ0v) is 19.2. The highest BCUT2D eigenvalue weighted by molar-refractivity contribution is 7.12. The van der Waals surface area contributed by atoms with Crippen LogP contribution in [0.3, 0.4) is 0 Å². The largest absolute Gasteiger partial charge is 0.467 e. The predicted molar refractivity (Wildman–Crippen MR) is 123 cm³/mol. The summed E-state index contributed by atoms with van der Waals surface area (Å²) in [6.45, 7) is -0.371. The van der Waals surface area contributed by atoms with Gasteiger partial charge in [-0.3, -0.25) is 14.5 Å². The Morgan fingerprint density at radius 2 is 2.12 bits per heavy atom. The van der Waals surface area contributed by atoms with E-state index in [9.17, 15) is 14.4 Å². The van der Waals surface area contributed by atoms with Crippen LogP contribution in [-0.4, -0.2) is 40.0 Å².